The van der Waals surface area contributed by atoms with Gasteiger partial charge in [0.2, 0.25) is 0 Å². The zero-order chi connectivity index (χ0) is 15.2. The van der Waals surface area contributed by atoms with Crippen molar-refractivity contribution in [1.29, 1.82) is 0 Å². The van der Waals surface area contributed by atoms with Gasteiger partial charge in [-0.05, 0) is 44.0 Å². The third kappa shape index (κ3) is 4.02. The summed E-state index contributed by atoms with van der Waals surface area (Å²) in [6.45, 7) is 3.72. The van der Waals surface area contributed by atoms with E-state index in [0.29, 0.717) is 23.7 Å². The van der Waals surface area contributed by atoms with Gasteiger partial charge in [-0.3, -0.25) is 15.1 Å². The predicted molar refractivity (Wildman–Crippen MR) is 81.0 cm³/mol. The second kappa shape index (κ2) is 7.52. The summed E-state index contributed by atoms with van der Waals surface area (Å²) in [5.74, 6) is 4.49. The number of carbonyl (C=O) groups is 1. The first-order valence-electron chi connectivity index (χ1n) is 7.69. The zero-order valence-corrected chi connectivity index (χ0v) is 12.6. The summed E-state index contributed by atoms with van der Waals surface area (Å²) in [5.41, 5.74) is 3.05. The van der Waals surface area contributed by atoms with Gasteiger partial charge in [0.25, 0.3) is 5.91 Å². The number of nitrogens with one attached hydrogen (secondary N) is 1. The van der Waals surface area contributed by atoms with Crippen molar-refractivity contribution in [2.24, 2.45) is 5.84 Å². The number of benzene rings is 1. The van der Waals surface area contributed by atoms with Crippen molar-refractivity contribution in [3.05, 3.63) is 35.1 Å². The summed E-state index contributed by atoms with van der Waals surface area (Å²) in [5, 5.41) is 0. The summed E-state index contributed by atoms with van der Waals surface area (Å²) in [7, 11) is 0. The Hall–Kier alpha value is -1.46. The highest BCUT2D eigenvalue weighted by molar-refractivity contribution is 5.93. The topological polar surface area (TPSA) is 58.4 Å². The fraction of sp³-hybridized carbons (Fsp3) is 0.562. The average molecular weight is 293 g/mol. The largest absolute Gasteiger partial charge is 0.296 e. The molecule has 0 spiro atoms. The standard InChI is InChI=1S/C16H24FN3O/c1-2-14-6-4-3-5-9-20(14)11-13-10-12(16(21)19-18)7-8-15(13)17/h7-8,10,14H,2-6,9,11,18H2,1H3,(H,19,21). The normalized spacial score (nSPS) is 20.0. The molecule has 1 saturated heterocycles. The first-order chi connectivity index (χ1) is 10.2. The molecule has 1 heterocycles. The number of nitrogens with zero attached hydrogens (tertiary/aromatic N) is 1. The van der Waals surface area contributed by atoms with Crippen molar-refractivity contribution in [1.82, 2.24) is 10.3 Å². The molecule has 0 radical (unpaired) electrons. The lowest BCUT2D eigenvalue weighted by Gasteiger charge is -2.29. The van der Waals surface area contributed by atoms with Crippen LogP contribution in [0.1, 0.15) is 54.9 Å². The molecule has 0 aliphatic carbocycles. The van der Waals surface area contributed by atoms with Crippen LogP contribution in [0.25, 0.3) is 0 Å². The molecule has 5 heteroatoms. The second-order valence-corrected chi connectivity index (χ2v) is 5.66. The summed E-state index contributed by atoms with van der Waals surface area (Å²) in [6, 6.07) is 4.91. The van der Waals surface area contributed by atoms with Crippen LogP contribution < -0.4 is 11.3 Å². The van der Waals surface area contributed by atoms with Crippen molar-refractivity contribution in [2.45, 2.75) is 51.6 Å². The summed E-state index contributed by atoms with van der Waals surface area (Å²) >= 11 is 0. The highest BCUT2D eigenvalue weighted by Gasteiger charge is 2.21. The Morgan fingerprint density at radius 1 is 1.43 bits per heavy atom. The van der Waals surface area contributed by atoms with Crippen LogP contribution in [0.15, 0.2) is 18.2 Å². The quantitative estimate of drug-likeness (QED) is 0.509. The number of hydrazine groups is 1. The summed E-state index contributed by atoms with van der Waals surface area (Å²) < 4.78 is 14.0. The first kappa shape index (κ1) is 15.9. The molecular weight excluding hydrogens is 269 g/mol. The van der Waals surface area contributed by atoms with Crippen molar-refractivity contribution < 1.29 is 9.18 Å². The molecule has 116 valence electrons. The van der Waals surface area contributed by atoms with Crippen LogP contribution in [-0.4, -0.2) is 23.4 Å². The van der Waals surface area contributed by atoms with Gasteiger partial charge in [-0.2, -0.15) is 0 Å². The van der Waals surface area contributed by atoms with Gasteiger partial charge < -0.3 is 0 Å². The van der Waals surface area contributed by atoms with E-state index in [0.717, 1.165) is 19.4 Å². The van der Waals surface area contributed by atoms with Crippen LogP contribution in [0, 0.1) is 5.82 Å². The minimum atomic E-state index is -0.390. The molecule has 0 bridgehead atoms. The van der Waals surface area contributed by atoms with E-state index in [1.165, 1.54) is 31.4 Å². The van der Waals surface area contributed by atoms with Gasteiger partial charge in [0, 0.05) is 23.7 Å². The van der Waals surface area contributed by atoms with E-state index in [-0.39, 0.29) is 11.7 Å². The number of hydrogen-bond donors (Lipinski definition) is 2. The van der Waals surface area contributed by atoms with Crippen LogP contribution >= 0.6 is 0 Å². The van der Waals surface area contributed by atoms with E-state index in [2.05, 4.69) is 17.2 Å². The first-order valence-corrected chi connectivity index (χ1v) is 7.69. The molecule has 1 atom stereocenters. The van der Waals surface area contributed by atoms with Crippen LogP contribution in [-0.2, 0) is 6.54 Å². The molecule has 21 heavy (non-hydrogen) atoms. The molecule has 1 unspecified atom stereocenters. The highest BCUT2D eigenvalue weighted by Crippen LogP contribution is 2.22. The molecule has 1 aromatic rings. The monoisotopic (exact) mass is 293 g/mol. The molecule has 0 aromatic heterocycles. The molecule has 3 N–H and O–H groups in total. The third-order valence-corrected chi connectivity index (χ3v) is 4.28. The predicted octanol–water partition coefficient (Wildman–Crippen LogP) is 2.58. The molecule has 0 saturated carbocycles. The third-order valence-electron chi connectivity index (χ3n) is 4.28. The van der Waals surface area contributed by atoms with Gasteiger partial charge in [-0.1, -0.05) is 19.8 Å². The van der Waals surface area contributed by atoms with Crippen LogP contribution in [0.2, 0.25) is 0 Å². The molecule has 1 amide bonds. The van der Waals surface area contributed by atoms with Gasteiger partial charge >= 0.3 is 0 Å². The molecule has 1 fully saturated rings. The SMILES string of the molecule is CCC1CCCCCN1Cc1cc(C(=O)NN)ccc1F. The summed E-state index contributed by atoms with van der Waals surface area (Å²) in [4.78, 5) is 13.9. The Labute approximate surface area is 125 Å². The van der Waals surface area contributed by atoms with Crippen molar-refractivity contribution in [3.8, 4) is 0 Å². The number of rotatable bonds is 4. The Kier molecular flexibility index (Phi) is 5.70. The highest BCUT2D eigenvalue weighted by atomic mass is 19.1. The maximum atomic E-state index is 14.0. The lowest BCUT2D eigenvalue weighted by molar-refractivity contribution is 0.0953. The van der Waals surface area contributed by atoms with Gasteiger partial charge in [-0.25, -0.2) is 10.2 Å². The second-order valence-electron chi connectivity index (χ2n) is 5.66. The smallest absolute Gasteiger partial charge is 0.265 e. The number of nitrogens with two attached hydrogens (primary N) is 1. The number of carbonyl (C=O) groups excluding carboxylic acids is 1. The van der Waals surface area contributed by atoms with Crippen LogP contribution in [0.5, 0.6) is 0 Å². The number of halogens is 1. The lowest BCUT2D eigenvalue weighted by atomic mass is 10.1. The van der Waals surface area contributed by atoms with E-state index in [1.807, 2.05) is 0 Å². The van der Waals surface area contributed by atoms with Crippen molar-refractivity contribution >= 4 is 5.91 Å². The van der Waals surface area contributed by atoms with Gasteiger partial charge in [0.05, 0.1) is 0 Å². The average Bonchev–Trinajstić information content (AvgIpc) is 2.73. The van der Waals surface area contributed by atoms with Crippen molar-refractivity contribution in [2.75, 3.05) is 6.54 Å². The van der Waals surface area contributed by atoms with Crippen LogP contribution in [0.4, 0.5) is 4.39 Å². The summed E-state index contributed by atoms with van der Waals surface area (Å²) in [6.07, 6.45) is 5.88. The van der Waals surface area contributed by atoms with E-state index < -0.39 is 0 Å². The van der Waals surface area contributed by atoms with E-state index >= 15 is 0 Å². The van der Waals surface area contributed by atoms with E-state index in [9.17, 15) is 9.18 Å². The molecule has 1 aliphatic heterocycles. The Morgan fingerprint density at radius 2 is 2.24 bits per heavy atom. The Bertz CT molecular complexity index is 492. The van der Waals surface area contributed by atoms with E-state index in [1.54, 1.807) is 6.07 Å². The van der Waals surface area contributed by atoms with Gasteiger partial charge in [-0.15, -0.1) is 0 Å². The van der Waals surface area contributed by atoms with Crippen molar-refractivity contribution in [3.63, 3.8) is 0 Å². The molecule has 1 aromatic carbocycles. The lowest BCUT2D eigenvalue weighted by Crippen LogP contribution is -2.34. The maximum absolute atomic E-state index is 14.0. The van der Waals surface area contributed by atoms with Crippen LogP contribution in [0.3, 0.4) is 0 Å². The number of nitrogen functional groups attached to an aromatic ring is 1. The molecule has 1 aliphatic rings. The minimum Gasteiger partial charge on any atom is -0.296 e. The Balaban J connectivity index is 2.18. The zero-order valence-electron chi connectivity index (χ0n) is 12.6. The number of hydrogen-bond acceptors (Lipinski definition) is 3. The number of amides is 1. The fourth-order valence-electron chi connectivity index (χ4n) is 3.05. The van der Waals surface area contributed by atoms with Gasteiger partial charge in [0.1, 0.15) is 5.82 Å². The van der Waals surface area contributed by atoms with Gasteiger partial charge in [0.15, 0.2) is 0 Å². The minimum absolute atomic E-state index is 0.261. The molecule has 4 nitrogen and oxygen atoms in total. The van der Waals surface area contributed by atoms with E-state index in [4.69, 9.17) is 5.84 Å². The maximum Gasteiger partial charge on any atom is 0.265 e. The fourth-order valence-corrected chi connectivity index (χ4v) is 3.05. The Morgan fingerprint density at radius 3 is 2.95 bits per heavy atom. The molecule has 2 rings (SSSR count). The number of likely N-dealkylation sites (tertiary alicyclic amines) is 1. The molecular formula is C16H24FN3O.